The Bertz CT molecular complexity index is 852. The lowest BCUT2D eigenvalue weighted by Gasteiger charge is -2.32. The Hall–Kier alpha value is -2.96. The zero-order valence-electron chi connectivity index (χ0n) is 15.7. The molecule has 3 amide bonds. The van der Waals surface area contributed by atoms with Gasteiger partial charge in [-0.05, 0) is 48.2 Å². The largest absolute Gasteiger partial charge is 0.348 e. The minimum atomic E-state index is -0.677. The average Bonchev–Trinajstić information content (AvgIpc) is 2.71. The monoisotopic (exact) mass is 387 g/mol. The van der Waals surface area contributed by atoms with Gasteiger partial charge >= 0.3 is 6.03 Å². The molecule has 0 aliphatic carbocycles. The van der Waals surface area contributed by atoms with E-state index in [1.807, 2.05) is 18.2 Å². The minimum Gasteiger partial charge on any atom is -0.348 e. The van der Waals surface area contributed by atoms with Gasteiger partial charge in [0, 0.05) is 44.2 Å². The number of nitrogens with one attached hydrogen (secondary N) is 2. The van der Waals surface area contributed by atoms with Crippen molar-refractivity contribution in [2.45, 2.75) is 25.3 Å². The molecule has 1 atom stereocenters. The Morgan fingerprint density at radius 1 is 1.14 bits per heavy atom. The van der Waals surface area contributed by atoms with E-state index in [0.717, 1.165) is 31.0 Å². The maximum absolute atomic E-state index is 13.3. The molecular formula is C21H23F2N3O2. The molecule has 1 heterocycles. The Morgan fingerprint density at radius 2 is 1.89 bits per heavy atom. The van der Waals surface area contributed by atoms with Gasteiger partial charge in [0.1, 0.15) is 11.6 Å². The van der Waals surface area contributed by atoms with E-state index in [1.54, 1.807) is 18.0 Å². The lowest BCUT2D eigenvalue weighted by atomic mass is 9.89. The van der Waals surface area contributed by atoms with E-state index in [1.165, 1.54) is 12.1 Å². The smallest absolute Gasteiger partial charge is 0.317 e. The van der Waals surface area contributed by atoms with Crippen molar-refractivity contribution in [3.8, 4) is 0 Å². The summed E-state index contributed by atoms with van der Waals surface area (Å²) in [6.45, 7) is 1.36. The van der Waals surface area contributed by atoms with E-state index in [0.29, 0.717) is 17.7 Å². The maximum atomic E-state index is 13.3. The van der Waals surface area contributed by atoms with Gasteiger partial charge in [-0.15, -0.1) is 0 Å². The number of rotatable bonds is 4. The van der Waals surface area contributed by atoms with Crippen LogP contribution in [0.1, 0.15) is 40.2 Å². The zero-order valence-corrected chi connectivity index (χ0v) is 15.7. The van der Waals surface area contributed by atoms with Crippen LogP contribution in [0, 0.1) is 11.6 Å². The molecule has 7 heteroatoms. The molecule has 0 spiro atoms. The van der Waals surface area contributed by atoms with E-state index in [4.69, 9.17) is 0 Å². The van der Waals surface area contributed by atoms with E-state index in [2.05, 4.69) is 10.6 Å². The molecule has 1 fully saturated rings. The third kappa shape index (κ3) is 4.85. The number of amides is 3. The molecule has 1 aliphatic rings. The summed E-state index contributed by atoms with van der Waals surface area (Å²) < 4.78 is 26.5. The summed E-state index contributed by atoms with van der Waals surface area (Å²) in [5.41, 5.74) is 1.83. The first-order valence-corrected chi connectivity index (χ1v) is 9.26. The number of benzene rings is 2. The summed E-state index contributed by atoms with van der Waals surface area (Å²) in [5.74, 6) is -1.50. The fraction of sp³-hybridized carbons (Fsp3) is 0.333. The third-order valence-electron chi connectivity index (χ3n) is 4.92. The molecule has 5 nitrogen and oxygen atoms in total. The van der Waals surface area contributed by atoms with Crippen LogP contribution in [0.4, 0.5) is 13.6 Å². The number of hydrogen-bond donors (Lipinski definition) is 2. The molecule has 1 aliphatic heterocycles. The first kappa shape index (κ1) is 19.8. The quantitative estimate of drug-likeness (QED) is 0.845. The predicted octanol–water partition coefficient (Wildman–Crippen LogP) is 3.41. The molecule has 2 aromatic carbocycles. The van der Waals surface area contributed by atoms with Crippen molar-refractivity contribution in [3.63, 3.8) is 0 Å². The van der Waals surface area contributed by atoms with Crippen LogP contribution in [0.25, 0.3) is 0 Å². The number of likely N-dealkylation sites (tertiary alicyclic amines) is 1. The standard InChI is InChI=1S/C21H23F2N3O2/c1-24-21(28)26-7-3-6-17(13-26)15-4-2-5-16(10-15)20(27)25-12-14-8-18(22)11-19(23)9-14/h2,4-5,8-11,17H,3,6-7,12-13H2,1H3,(H,24,28)(H,25,27)/t17-/m0/s1. The highest BCUT2D eigenvalue weighted by Gasteiger charge is 2.24. The van der Waals surface area contributed by atoms with E-state index in [9.17, 15) is 18.4 Å². The maximum Gasteiger partial charge on any atom is 0.317 e. The number of hydrogen-bond acceptors (Lipinski definition) is 2. The van der Waals surface area contributed by atoms with Gasteiger partial charge < -0.3 is 15.5 Å². The average molecular weight is 387 g/mol. The second kappa shape index (κ2) is 8.82. The van der Waals surface area contributed by atoms with Gasteiger partial charge in [0.25, 0.3) is 5.91 Å². The van der Waals surface area contributed by atoms with Crippen molar-refractivity contribution in [3.05, 3.63) is 70.8 Å². The number of nitrogens with zero attached hydrogens (tertiary/aromatic N) is 1. The highest BCUT2D eigenvalue weighted by molar-refractivity contribution is 5.94. The predicted molar refractivity (Wildman–Crippen MR) is 102 cm³/mol. The van der Waals surface area contributed by atoms with Crippen molar-refractivity contribution in [1.29, 1.82) is 0 Å². The normalized spacial score (nSPS) is 16.5. The summed E-state index contributed by atoms with van der Waals surface area (Å²) in [4.78, 5) is 26.1. The van der Waals surface area contributed by atoms with E-state index >= 15 is 0 Å². The second-order valence-corrected chi connectivity index (χ2v) is 6.93. The molecule has 3 rings (SSSR count). The van der Waals surface area contributed by atoms with Gasteiger partial charge in [-0.2, -0.15) is 0 Å². The first-order chi connectivity index (χ1) is 13.5. The van der Waals surface area contributed by atoms with Crippen LogP contribution in [-0.4, -0.2) is 37.0 Å². The molecule has 0 aromatic heterocycles. The molecule has 0 bridgehead atoms. The summed E-state index contributed by atoms with van der Waals surface area (Å²) in [5, 5.41) is 5.34. The highest BCUT2D eigenvalue weighted by atomic mass is 19.1. The Labute approximate surface area is 162 Å². The molecule has 2 N–H and O–H groups in total. The molecule has 0 unspecified atom stereocenters. The molecule has 28 heavy (non-hydrogen) atoms. The summed E-state index contributed by atoms with van der Waals surface area (Å²) >= 11 is 0. The summed E-state index contributed by atoms with van der Waals surface area (Å²) in [6.07, 6.45) is 1.85. The fourth-order valence-corrected chi connectivity index (χ4v) is 3.52. The van der Waals surface area contributed by atoms with Crippen LogP contribution in [0.5, 0.6) is 0 Å². The molecular weight excluding hydrogens is 364 g/mol. The SMILES string of the molecule is CNC(=O)N1CCC[C@H](c2cccc(C(=O)NCc3cc(F)cc(F)c3)c2)C1. The molecule has 148 valence electrons. The lowest BCUT2D eigenvalue weighted by molar-refractivity contribution is 0.0950. The molecule has 0 radical (unpaired) electrons. The van der Waals surface area contributed by atoms with Gasteiger partial charge in [0.05, 0.1) is 0 Å². The van der Waals surface area contributed by atoms with E-state index < -0.39 is 11.6 Å². The van der Waals surface area contributed by atoms with Gasteiger partial charge in [-0.25, -0.2) is 13.6 Å². The van der Waals surface area contributed by atoms with Crippen LogP contribution in [-0.2, 0) is 6.54 Å². The van der Waals surface area contributed by atoms with Crippen LogP contribution >= 0.6 is 0 Å². The van der Waals surface area contributed by atoms with Crippen molar-refractivity contribution >= 4 is 11.9 Å². The van der Waals surface area contributed by atoms with Gasteiger partial charge in [-0.3, -0.25) is 4.79 Å². The Balaban J connectivity index is 1.66. The number of halogens is 2. The number of urea groups is 1. The van der Waals surface area contributed by atoms with E-state index in [-0.39, 0.29) is 24.4 Å². The Kier molecular flexibility index (Phi) is 6.23. The number of piperidine rings is 1. The van der Waals surface area contributed by atoms with Gasteiger partial charge in [0.2, 0.25) is 0 Å². The first-order valence-electron chi connectivity index (χ1n) is 9.26. The summed E-state index contributed by atoms with van der Waals surface area (Å²) in [7, 11) is 1.61. The van der Waals surface area contributed by atoms with Gasteiger partial charge in [-0.1, -0.05) is 12.1 Å². The second-order valence-electron chi connectivity index (χ2n) is 6.93. The molecule has 0 saturated carbocycles. The van der Waals surface area contributed by atoms with Crippen molar-refractivity contribution in [2.75, 3.05) is 20.1 Å². The number of carbonyl (C=O) groups is 2. The topological polar surface area (TPSA) is 61.4 Å². The Morgan fingerprint density at radius 3 is 2.61 bits per heavy atom. The van der Waals surface area contributed by atoms with Gasteiger partial charge in [0.15, 0.2) is 0 Å². The van der Waals surface area contributed by atoms with Crippen molar-refractivity contribution < 1.29 is 18.4 Å². The minimum absolute atomic E-state index is 0.0334. The van der Waals surface area contributed by atoms with Crippen LogP contribution < -0.4 is 10.6 Å². The third-order valence-corrected chi connectivity index (χ3v) is 4.92. The van der Waals surface area contributed by atoms with Crippen LogP contribution in [0.15, 0.2) is 42.5 Å². The molecule has 2 aromatic rings. The number of carbonyl (C=O) groups excluding carboxylic acids is 2. The highest BCUT2D eigenvalue weighted by Crippen LogP contribution is 2.27. The lowest BCUT2D eigenvalue weighted by Crippen LogP contribution is -2.43. The fourth-order valence-electron chi connectivity index (χ4n) is 3.52. The van der Waals surface area contributed by atoms with Crippen LogP contribution in [0.2, 0.25) is 0 Å². The van der Waals surface area contributed by atoms with Crippen molar-refractivity contribution in [2.24, 2.45) is 0 Å². The van der Waals surface area contributed by atoms with Crippen molar-refractivity contribution in [1.82, 2.24) is 15.5 Å². The van der Waals surface area contributed by atoms with Crippen LogP contribution in [0.3, 0.4) is 0 Å². The summed E-state index contributed by atoms with van der Waals surface area (Å²) in [6, 6.07) is 10.4. The zero-order chi connectivity index (χ0) is 20.1. The molecule has 1 saturated heterocycles.